The Bertz CT molecular complexity index is 1150. The van der Waals surface area contributed by atoms with Crippen LogP contribution in [0.2, 0.25) is 0 Å². The maximum atomic E-state index is 13.0. The molecular weight excluding hydrogens is 382 g/mol. The Labute approximate surface area is 172 Å². The summed E-state index contributed by atoms with van der Waals surface area (Å²) in [5.41, 5.74) is 2.66. The van der Waals surface area contributed by atoms with Gasteiger partial charge in [-0.05, 0) is 46.5 Å². The van der Waals surface area contributed by atoms with Crippen LogP contribution in [-0.2, 0) is 24.3 Å². The minimum atomic E-state index is -0.184. The number of hydrogen-bond donors (Lipinski definition) is 1. The van der Waals surface area contributed by atoms with E-state index in [1.807, 2.05) is 60.0 Å². The van der Waals surface area contributed by atoms with Crippen molar-refractivity contribution in [2.45, 2.75) is 25.9 Å². The van der Waals surface area contributed by atoms with Gasteiger partial charge in [-0.25, -0.2) is 4.98 Å². The highest BCUT2D eigenvalue weighted by molar-refractivity contribution is 7.07. The van der Waals surface area contributed by atoms with Crippen molar-refractivity contribution in [3.8, 4) is 0 Å². The Morgan fingerprint density at radius 3 is 2.55 bits per heavy atom. The zero-order chi connectivity index (χ0) is 20.1. The molecule has 4 aromatic rings. The molecule has 2 heterocycles. The van der Waals surface area contributed by atoms with E-state index in [1.165, 1.54) is 5.56 Å². The fraction of sp³-hybridized carbons (Fsp3) is 0.174. The summed E-state index contributed by atoms with van der Waals surface area (Å²) < 4.78 is 0. The number of rotatable bonds is 7. The Balaban J connectivity index is 1.57. The molecule has 0 saturated carbocycles. The van der Waals surface area contributed by atoms with Crippen molar-refractivity contribution in [3.05, 3.63) is 98.7 Å². The molecule has 0 aliphatic carbocycles. The molecule has 0 aliphatic heterocycles. The predicted octanol–water partition coefficient (Wildman–Crippen LogP) is 4.15. The van der Waals surface area contributed by atoms with Crippen LogP contribution >= 0.6 is 11.3 Å². The average Bonchev–Trinajstić information content (AvgIpc) is 3.26. The maximum Gasteiger partial charge on any atom is 0.258 e. The number of benzene rings is 2. The highest BCUT2D eigenvalue weighted by Crippen LogP contribution is 2.14. The highest BCUT2D eigenvalue weighted by Gasteiger charge is 2.17. The molecule has 4 rings (SSSR count). The van der Waals surface area contributed by atoms with Gasteiger partial charge in [-0.2, -0.15) is 11.3 Å². The van der Waals surface area contributed by atoms with Crippen molar-refractivity contribution in [1.82, 2.24) is 14.9 Å². The number of carbonyl (C=O) groups is 1. The summed E-state index contributed by atoms with van der Waals surface area (Å²) in [6, 6.07) is 19.1. The predicted molar refractivity (Wildman–Crippen MR) is 116 cm³/mol. The van der Waals surface area contributed by atoms with E-state index < -0.39 is 0 Å². The molecule has 1 N–H and O–H groups in total. The van der Waals surface area contributed by atoms with Gasteiger partial charge in [0, 0.05) is 13.0 Å². The lowest BCUT2D eigenvalue weighted by molar-refractivity contribution is -0.132. The monoisotopic (exact) mass is 403 g/mol. The van der Waals surface area contributed by atoms with Gasteiger partial charge in [0.2, 0.25) is 5.91 Å². The van der Waals surface area contributed by atoms with E-state index in [9.17, 15) is 9.59 Å². The van der Waals surface area contributed by atoms with Crippen LogP contribution in [0.4, 0.5) is 0 Å². The van der Waals surface area contributed by atoms with Crippen LogP contribution in [-0.4, -0.2) is 20.8 Å². The number of amides is 1. The second-order valence-corrected chi connectivity index (χ2v) is 7.68. The number of fused-ring (bicyclic) bond motifs is 1. The van der Waals surface area contributed by atoms with Crippen LogP contribution in [0.1, 0.15) is 23.4 Å². The van der Waals surface area contributed by atoms with Gasteiger partial charge in [-0.3, -0.25) is 9.59 Å². The van der Waals surface area contributed by atoms with E-state index in [2.05, 4.69) is 15.3 Å². The van der Waals surface area contributed by atoms with Crippen LogP contribution in [0.3, 0.4) is 0 Å². The normalized spacial score (nSPS) is 10.9. The third-order valence-corrected chi connectivity index (χ3v) is 5.51. The first kappa shape index (κ1) is 19.1. The molecule has 1 amide bonds. The minimum Gasteiger partial charge on any atom is -0.331 e. The first-order valence-electron chi connectivity index (χ1n) is 9.50. The zero-order valence-electron chi connectivity index (χ0n) is 15.9. The van der Waals surface area contributed by atoms with Gasteiger partial charge in [0.15, 0.2) is 0 Å². The molecule has 6 heteroatoms. The molecule has 0 unspecified atom stereocenters. The van der Waals surface area contributed by atoms with Gasteiger partial charge in [0.25, 0.3) is 5.56 Å². The van der Waals surface area contributed by atoms with Crippen molar-refractivity contribution in [3.63, 3.8) is 0 Å². The van der Waals surface area contributed by atoms with Crippen LogP contribution < -0.4 is 5.56 Å². The van der Waals surface area contributed by atoms with E-state index in [4.69, 9.17) is 0 Å². The summed E-state index contributed by atoms with van der Waals surface area (Å²) in [7, 11) is 0. The highest BCUT2D eigenvalue weighted by atomic mass is 32.1. The van der Waals surface area contributed by atoms with E-state index >= 15 is 0 Å². The molecule has 0 aliphatic rings. The fourth-order valence-corrected chi connectivity index (χ4v) is 3.97. The van der Waals surface area contributed by atoms with Crippen LogP contribution in [0.15, 0.2) is 76.2 Å². The summed E-state index contributed by atoms with van der Waals surface area (Å²) in [6.07, 6.45) is 1.12. The molecule has 146 valence electrons. The number of aromatic nitrogens is 2. The maximum absolute atomic E-state index is 13.0. The summed E-state index contributed by atoms with van der Waals surface area (Å²) >= 11 is 1.63. The van der Waals surface area contributed by atoms with Gasteiger partial charge in [-0.15, -0.1) is 0 Å². The molecule has 0 atom stereocenters. The van der Waals surface area contributed by atoms with Crippen LogP contribution in [0.5, 0.6) is 0 Å². The van der Waals surface area contributed by atoms with E-state index in [1.54, 1.807) is 22.3 Å². The number of thiophene rings is 1. The van der Waals surface area contributed by atoms with Gasteiger partial charge >= 0.3 is 0 Å². The Hall–Kier alpha value is -3.25. The summed E-state index contributed by atoms with van der Waals surface area (Å²) in [6.45, 7) is 0.733. The second kappa shape index (κ2) is 8.84. The SMILES string of the molecule is O=C(CCc1ccsc1)N(Cc1ccccc1)Cc1nc2ccccc2c(=O)[nH]1. The lowest BCUT2D eigenvalue weighted by atomic mass is 10.1. The molecular formula is C23H21N3O2S. The van der Waals surface area contributed by atoms with Crippen molar-refractivity contribution < 1.29 is 4.79 Å². The number of nitrogens with one attached hydrogen (secondary N) is 1. The molecule has 0 radical (unpaired) electrons. The van der Waals surface area contributed by atoms with Crippen LogP contribution in [0, 0.1) is 0 Å². The van der Waals surface area contributed by atoms with E-state index in [-0.39, 0.29) is 18.0 Å². The first-order chi connectivity index (χ1) is 14.2. The number of hydrogen-bond acceptors (Lipinski definition) is 4. The van der Waals surface area contributed by atoms with Crippen molar-refractivity contribution >= 4 is 28.1 Å². The Morgan fingerprint density at radius 1 is 0.966 bits per heavy atom. The fourth-order valence-electron chi connectivity index (χ4n) is 3.27. The summed E-state index contributed by atoms with van der Waals surface area (Å²) in [5, 5.41) is 4.64. The van der Waals surface area contributed by atoms with Crippen molar-refractivity contribution in [2.75, 3.05) is 0 Å². The van der Waals surface area contributed by atoms with E-state index in [0.717, 1.165) is 5.56 Å². The first-order valence-corrected chi connectivity index (χ1v) is 10.4. The van der Waals surface area contributed by atoms with E-state index in [0.29, 0.717) is 36.1 Å². The molecule has 5 nitrogen and oxygen atoms in total. The van der Waals surface area contributed by atoms with Gasteiger partial charge < -0.3 is 9.88 Å². The number of carbonyl (C=O) groups excluding carboxylic acids is 1. The largest absolute Gasteiger partial charge is 0.331 e. The Morgan fingerprint density at radius 2 is 1.76 bits per heavy atom. The van der Waals surface area contributed by atoms with Gasteiger partial charge in [0.1, 0.15) is 5.82 Å². The zero-order valence-corrected chi connectivity index (χ0v) is 16.7. The topological polar surface area (TPSA) is 66.1 Å². The quantitative estimate of drug-likeness (QED) is 0.504. The standard InChI is InChI=1S/C23H21N3O2S/c27-22(11-10-18-12-13-29-16-18)26(14-17-6-2-1-3-7-17)15-21-24-20-9-5-4-8-19(20)23(28)25-21/h1-9,12-13,16H,10-11,14-15H2,(H,24,25,28). The molecule has 2 aromatic carbocycles. The number of nitrogens with zero attached hydrogens (tertiary/aromatic N) is 2. The number of H-pyrrole nitrogens is 1. The summed E-state index contributed by atoms with van der Waals surface area (Å²) in [4.78, 5) is 34.6. The third-order valence-electron chi connectivity index (χ3n) is 4.78. The molecule has 0 fully saturated rings. The smallest absolute Gasteiger partial charge is 0.258 e. The lowest BCUT2D eigenvalue weighted by Gasteiger charge is -2.22. The van der Waals surface area contributed by atoms with Crippen molar-refractivity contribution in [1.29, 1.82) is 0 Å². The summed E-state index contributed by atoms with van der Waals surface area (Å²) in [5.74, 6) is 0.532. The van der Waals surface area contributed by atoms with Crippen molar-refractivity contribution in [2.24, 2.45) is 0 Å². The molecule has 2 aromatic heterocycles. The lowest BCUT2D eigenvalue weighted by Crippen LogP contribution is -2.32. The number of para-hydroxylation sites is 1. The Kier molecular flexibility index (Phi) is 5.81. The molecule has 0 saturated heterocycles. The van der Waals surface area contributed by atoms with Gasteiger partial charge in [-0.1, -0.05) is 42.5 Å². The molecule has 0 spiro atoms. The second-order valence-electron chi connectivity index (χ2n) is 6.90. The number of aromatic amines is 1. The number of aryl methyl sites for hydroxylation is 1. The third kappa shape index (κ3) is 4.78. The average molecular weight is 404 g/mol. The molecule has 29 heavy (non-hydrogen) atoms. The van der Waals surface area contributed by atoms with Crippen LogP contribution in [0.25, 0.3) is 10.9 Å². The molecule has 0 bridgehead atoms. The minimum absolute atomic E-state index is 0.0378. The van der Waals surface area contributed by atoms with Gasteiger partial charge in [0.05, 0.1) is 17.4 Å².